The predicted octanol–water partition coefficient (Wildman–Crippen LogP) is 2.01. The monoisotopic (exact) mass is 395 g/mol. The van der Waals surface area contributed by atoms with Crippen LogP contribution in [0.4, 0.5) is 8.78 Å². The number of hydrogen-bond donors (Lipinski definition) is 3. The summed E-state index contributed by atoms with van der Waals surface area (Å²) in [4.78, 5) is 18.4. The van der Waals surface area contributed by atoms with Gasteiger partial charge in [0.15, 0.2) is 5.96 Å². The Balaban J connectivity index is 1.84. The van der Waals surface area contributed by atoms with E-state index in [1.807, 2.05) is 13.8 Å². The van der Waals surface area contributed by atoms with Crippen LogP contribution in [-0.4, -0.2) is 55.5 Å². The van der Waals surface area contributed by atoms with Crippen LogP contribution in [0.5, 0.6) is 0 Å². The summed E-state index contributed by atoms with van der Waals surface area (Å²) in [5.74, 6) is -0.277. The number of nitrogens with zero attached hydrogens (tertiary/aromatic N) is 2. The van der Waals surface area contributed by atoms with Crippen LogP contribution in [0.1, 0.15) is 38.7 Å². The van der Waals surface area contributed by atoms with Crippen molar-refractivity contribution in [3.63, 3.8) is 0 Å². The molecule has 1 aliphatic heterocycles. The Kier molecular flexibility index (Phi) is 9.13. The molecule has 6 nitrogen and oxygen atoms in total. The van der Waals surface area contributed by atoms with Crippen molar-refractivity contribution in [1.29, 1.82) is 0 Å². The molecule has 3 N–H and O–H groups in total. The van der Waals surface area contributed by atoms with Gasteiger partial charge in [-0.25, -0.2) is 13.8 Å². The lowest BCUT2D eigenvalue weighted by Gasteiger charge is -2.32. The quantitative estimate of drug-likeness (QED) is 0.465. The van der Waals surface area contributed by atoms with Gasteiger partial charge in [0.1, 0.15) is 11.6 Å². The number of carbonyl (C=O) groups is 1. The summed E-state index contributed by atoms with van der Waals surface area (Å²) in [5.41, 5.74) is 0.227. The van der Waals surface area contributed by atoms with E-state index in [2.05, 4.69) is 25.8 Å². The summed E-state index contributed by atoms with van der Waals surface area (Å²) in [6.45, 7) is 7.53. The van der Waals surface area contributed by atoms with Gasteiger partial charge in [-0.15, -0.1) is 0 Å². The standard InChI is InChI=1S/C20H31F2N5O/c1-3-9-24-19(28)14-27-10-7-17(8-11-27)26-20(23-4-2)25-13-15-12-16(21)5-6-18(15)22/h5-6,12,17H,3-4,7-11,13-14H2,1-2H3,(H,24,28)(H2,23,25,26). The highest BCUT2D eigenvalue weighted by Gasteiger charge is 2.21. The number of aliphatic imine (C=N–C) groups is 1. The SMILES string of the molecule is CCCNC(=O)CN1CCC(NC(=NCc2cc(F)ccc2F)NCC)CC1. The molecule has 0 spiro atoms. The van der Waals surface area contributed by atoms with Gasteiger partial charge in [0.25, 0.3) is 0 Å². The van der Waals surface area contributed by atoms with Crippen LogP contribution >= 0.6 is 0 Å². The van der Waals surface area contributed by atoms with Gasteiger partial charge in [0.05, 0.1) is 13.1 Å². The topological polar surface area (TPSA) is 68.8 Å². The fraction of sp³-hybridized carbons (Fsp3) is 0.600. The molecule has 1 aliphatic rings. The van der Waals surface area contributed by atoms with Crippen LogP contribution in [-0.2, 0) is 11.3 Å². The van der Waals surface area contributed by atoms with Crippen molar-refractivity contribution in [3.8, 4) is 0 Å². The number of nitrogens with one attached hydrogen (secondary N) is 3. The molecular formula is C20H31F2N5O. The number of halogens is 2. The van der Waals surface area contributed by atoms with Gasteiger partial charge in [0.2, 0.25) is 5.91 Å². The first kappa shape index (κ1) is 22.1. The van der Waals surface area contributed by atoms with Gasteiger partial charge in [-0.3, -0.25) is 9.69 Å². The maximum absolute atomic E-state index is 13.8. The van der Waals surface area contributed by atoms with Crippen LogP contribution in [0.3, 0.4) is 0 Å². The van der Waals surface area contributed by atoms with Crippen LogP contribution in [0.15, 0.2) is 23.2 Å². The molecule has 156 valence electrons. The van der Waals surface area contributed by atoms with Gasteiger partial charge in [-0.05, 0) is 44.4 Å². The fourth-order valence-electron chi connectivity index (χ4n) is 3.10. The van der Waals surface area contributed by atoms with Gasteiger partial charge in [0, 0.05) is 37.8 Å². The average Bonchev–Trinajstić information content (AvgIpc) is 2.68. The lowest BCUT2D eigenvalue weighted by molar-refractivity contribution is -0.122. The second kappa shape index (κ2) is 11.6. The van der Waals surface area contributed by atoms with Crippen LogP contribution < -0.4 is 16.0 Å². The molecule has 0 radical (unpaired) electrons. The van der Waals surface area contributed by atoms with Crippen molar-refractivity contribution in [2.24, 2.45) is 4.99 Å². The van der Waals surface area contributed by atoms with Crippen molar-refractivity contribution >= 4 is 11.9 Å². The van der Waals surface area contributed by atoms with E-state index in [4.69, 9.17) is 0 Å². The highest BCUT2D eigenvalue weighted by Crippen LogP contribution is 2.12. The van der Waals surface area contributed by atoms with Crippen LogP contribution in [0.2, 0.25) is 0 Å². The third-order valence-corrected chi connectivity index (χ3v) is 4.63. The molecule has 0 bridgehead atoms. The van der Waals surface area contributed by atoms with Gasteiger partial charge < -0.3 is 16.0 Å². The summed E-state index contributed by atoms with van der Waals surface area (Å²) in [7, 11) is 0. The van der Waals surface area contributed by atoms with E-state index in [-0.39, 0.29) is 24.1 Å². The first-order valence-corrected chi connectivity index (χ1v) is 9.99. The first-order chi connectivity index (χ1) is 13.5. The summed E-state index contributed by atoms with van der Waals surface area (Å²) in [6.07, 6.45) is 2.71. The molecule has 1 saturated heterocycles. The Morgan fingerprint density at radius 3 is 2.64 bits per heavy atom. The minimum Gasteiger partial charge on any atom is -0.357 e. The van der Waals surface area contributed by atoms with Crippen molar-refractivity contribution < 1.29 is 13.6 Å². The second-order valence-corrected chi connectivity index (χ2v) is 6.98. The van der Waals surface area contributed by atoms with Crippen molar-refractivity contribution in [2.75, 3.05) is 32.7 Å². The molecule has 1 fully saturated rings. The highest BCUT2D eigenvalue weighted by molar-refractivity contribution is 5.80. The molecule has 8 heteroatoms. The maximum atomic E-state index is 13.8. The minimum absolute atomic E-state index is 0.0649. The minimum atomic E-state index is -0.472. The Hall–Kier alpha value is -2.22. The van der Waals surface area contributed by atoms with Crippen molar-refractivity contribution in [2.45, 2.75) is 45.7 Å². The molecule has 1 heterocycles. The Labute approximate surface area is 165 Å². The van der Waals surface area contributed by atoms with E-state index >= 15 is 0 Å². The van der Waals surface area contributed by atoms with E-state index in [9.17, 15) is 13.6 Å². The summed E-state index contributed by atoms with van der Waals surface area (Å²) < 4.78 is 27.1. The number of amides is 1. The molecule has 2 rings (SSSR count). The zero-order valence-corrected chi connectivity index (χ0v) is 16.7. The van der Waals surface area contributed by atoms with E-state index in [1.165, 1.54) is 6.07 Å². The number of piperidine rings is 1. The van der Waals surface area contributed by atoms with E-state index in [1.54, 1.807) is 0 Å². The van der Waals surface area contributed by atoms with E-state index in [0.717, 1.165) is 44.5 Å². The van der Waals surface area contributed by atoms with E-state index < -0.39 is 11.6 Å². The number of benzene rings is 1. The van der Waals surface area contributed by atoms with Crippen molar-refractivity contribution in [3.05, 3.63) is 35.4 Å². The second-order valence-electron chi connectivity index (χ2n) is 6.98. The molecule has 0 aromatic heterocycles. The van der Waals surface area contributed by atoms with E-state index in [0.29, 0.717) is 25.6 Å². The third kappa shape index (κ3) is 7.42. The van der Waals surface area contributed by atoms with Gasteiger partial charge in [-0.2, -0.15) is 0 Å². The number of carbonyl (C=O) groups excluding carboxylic acids is 1. The van der Waals surface area contributed by atoms with Crippen LogP contribution in [0, 0.1) is 11.6 Å². The molecule has 1 aromatic carbocycles. The summed E-state index contributed by atoms with van der Waals surface area (Å²) in [5, 5.41) is 9.41. The maximum Gasteiger partial charge on any atom is 0.234 e. The Morgan fingerprint density at radius 2 is 1.96 bits per heavy atom. The Morgan fingerprint density at radius 1 is 1.21 bits per heavy atom. The first-order valence-electron chi connectivity index (χ1n) is 9.99. The lowest BCUT2D eigenvalue weighted by Crippen LogP contribution is -2.50. The molecule has 0 unspecified atom stereocenters. The fourth-order valence-corrected chi connectivity index (χ4v) is 3.10. The lowest BCUT2D eigenvalue weighted by atomic mass is 10.1. The molecule has 0 saturated carbocycles. The summed E-state index contributed by atoms with van der Waals surface area (Å²) in [6, 6.07) is 3.62. The van der Waals surface area contributed by atoms with Gasteiger partial charge >= 0.3 is 0 Å². The molecule has 0 aliphatic carbocycles. The Bertz CT molecular complexity index is 660. The largest absolute Gasteiger partial charge is 0.357 e. The molecular weight excluding hydrogens is 364 g/mol. The zero-order valence-electron chi connectivity index (χ0n) is 16.7. The molecule has 1 amide bonds. The molecule has 28 heavy (non-hydrogen) atoms. The smallest absolute Gasteiger partial charge is 0.234 e. The number of hydrogen-bond acceptors (Lipinski definition) is 3. The highest BCUT2D eigenvalue weighted by atomic mass is 19.1. The third-order valence-electron chi connectivity index (χ3n) is 4.63. The van der Waals surface area contributed by atoms with Crippen molar-refractivity contribution in [1.82, 2.24) is 20.9 Å². The predicted molar refractivity (Wildman–Crippen MR) is 107 cm³/mol. The number of rotatable bonds is 8. The molecule has 0 atom stereocenters. The van der Waals surface area contributed by atoms with Gasteiger partial charge in [-0.1, -0.05) is 6.92 Å². The molecule has 1 aromatic rings. The number of guanidine groups is 1. The average molecular weight is 395 g/mol. The summed E-state index contributed by atoms with van der Waals surface area (Å²) >= 11 is 0. The number of likely N-dealkylation sites (tertiary alicyclic amines) is 1. The zero-order chi connectivity index (χ0) is 20.4. The normalized spacial score (nSPS) is 16.1. The van der Waals surface area contributed by atoms with Crippen LogP contribution in [0.25, 0.3) is 0 Å².